The highest BCUT2D eigenvalue weighted by molar-refractivity contribution is 7.71. The average molecular weight is 443 g/mol. The summed E-state index contributed by atoms with van der Waals surface area (Å²) in [6.07, 6.45) is -2.01. The molecule has 0 saturated heterocycles. The molecule has 0 aliphatic heterocycles. The minimum absolute atomic E-state index is 0.0636. The Kier molecular flexibility index (Phi) is 4.95. The van der Waals surface area contributed by atoms with E-state index in [0.717, 1.165) is 19.0 Å². The fraction of sp³-hybridized carbons (Fsp3) is 0.294. The maximum atomic E-state index is 13.7. The highest BCUT2D eigenvalue weighted by Crippen LogP contribution is 2.36. The fourth-order valence-electron chi connectivity index (χ4n) is 2.99. The van der Waals surface area contributed by atoms with Gasteiger partial charge in [0, 0.05) is 11.1 Å². The zero-order valence-electron chi connectivity index (χ0n) is 14.7. The van der Waals surface area contributed by atoms with Crippen LogP contribution >= 0.6 is 23.8 Å². The minimum atomic E-state index is -4.79. The fourth-order valence-corrected chi connectivity index (χ4v) is 3.42. The van der Waals surface area contributed by atoms with Crippen LogP contribution in [-0.2, 0) is 12.7 Å². The third-order valence-electron chi connectivity index (χ3n) is 4.45. The van der Waals surface area contributed by atoms with Crippen LogP contribution in [0.3, 0.4) is 0 Å². The normalized spacial score (nSPS) is 14.2. The van der Waals surface area contributed by atoms with Crippen LogP contribution in [-0.4, -0.2) is 30.5 Å². The first-order valence-electron chi connectivity index (χ1n) is 8.61. The van der Waals surface area contributed by atoms with Crippen molar-refractivity contribution in [2.45, 2.75) is 31.6 Å². The highest BCUT2D eigenvalue weighted by Gasteiger charge is 2.40. The van der Waals surface area contributed by atoms with Gasteiger partial charge in [0.2, 0.25) is 0 Å². The molecule has 2 N–H and O–H groups in total. The molecule has 1 aliphatic carbocycles. The number of alkyl halides is 3. The molecule has 12 heteroatoms. The summed E-state index contributed by atoms with van der Waals surface area (Å²) >= 11 is 11.0. The van der Waals surface area contributed by atoms with Crippen molar-refractivity contribution in [1.29, 1.82) is 0 Å². The number of H-pyrrole nitrogens is 1. The molecule has 0 radical (unpaired) electrons. The van der Waals surface area contributed by atoms with Gasteiger partial charge in [0.15, 0.2) is 16.3 Å². The van der Waals surface area contributed by atoms with Crippen LogP contribution in [0.1, 0.15) is 40.8 Å². The van der Waals surface area contributed by atoms with Crippen molar-refractivity contribution in [3.8, 4) is 5.69 Å². The predicted molar refractivity (Wildman–Crippen MR) is 100 cm³/mol. The number of aromatic amines is 1. The first kappa shape index (κ1) is 19.6. The van der Waals surface area contributed by atoms with Crippen molar-refractivity contribution < 1.29 is 18.0 Å². The molecule has 0 unspecified atom stereocenters. The second kappa shape index (κ2) is 7.30. The number of hydrogen-bond acceptors (Lipinski definition) is 4. The lowest BCUT2D eigenvalue weighted by atomic mass is 10.2. The number of aromatic nitrogens is 5. The Morgan fingerprint density at radius 1 is 1.31 bits per heavy atom. The molecule has 0 bridgehead atoms. The molecule has 1 fully saturated rings. The Balaban J connectivity index is 1.62. The minimum Gasteiger partial charge on any atom is -0.345 e. The van der Waals surface area contributed by atoms with E-state index in [1.165, 1.54) is 24.3 Å². The number of amides is 1. The molecule has 152 valence electrons. The van der Waals surface area contributed by atoms with E-state index in [2.05, 4.69) is 20.6 Å². The summed E-state index contributed by atoms with van der Waals surface area (Å²) in [6, 6.07) is 5.88. The molecule has 3 aromatic rings. The topological polar surface area (TPSA) is 80.5 Å². The van der Waals surface area contributed by atoms with Crippen LogP contribution in [0.4, 0.5) is 13.2 Å². The van der Waals surface area contributed by atoms with E-state index in [0.29, 0.717) is 20.3 Å². The van der Waals surface area contributed by atoms with Crippen LogP contribution in [0.15, 0.2) is 30.5 Å². The summed E-state index contributed by atoms with van der Waals surface area (Å²) in [6.45, 7) is -0.0636. The standard InChI is InChI=1S/C17H14ClF3N6OS/c18-9-1-3-11(4-2-9)27-14(17(19,20)21)12(7-23-27)15(28)22-8-13-24-25-16(29)26(13)10-5-6-10/h1-4,7,10H,5-6,8H2,(H,22,28)(H,25,29). The van der Waals surface area contributed by atoms with Gasteiger partial charge < -0.3 is 5.32 Å². The zero-order valence-corrected chi connectivity index (χ0v) is 16.3. The Hall–Kier alpha value is -2.66. The van der Waals surface area contributed by atoms with E-state index in [9.17, 15) is 18.0 Å². The Labute approximate surface area is 172 Å². The van der Waals surface area contributed by atoms with Gasteiger partial charge in [-0.05, 0) is 49.3 Å². The lowest BCUT2D eigenvalue weighted by molar-refractivity contribution is -0.143. The Morgan fingerprint density at radius 2 is 2.00 bits per heavy atom. The van der Waals surface area contributed by atoms with Gasteiger partial charge >= 0.3 is 6.18 Å². The summed E-state index contributed by atoms with van der Waals surface area (Å²) in [4.78, 5) is 12.5. The molecule has 0 spiro atoms. The third-order valence-corrected chi connectivity index (χ3v) is 4.99. The maximum Gasteiger partial charge on any atom is 0.434 e. The predicted octanol–water partition coefficient (Wildman–Crippen LogP) is 4.06. The molecular formula is C17H14ClF3N6OS. The summed E-state index contributed by atoms with van der Waals surface area (Å²) in [5.74, 6) is -0.446. The van der Waals surface area contributed by atoms with Crippen molar-refractivity contribution in [3.63, 3.8) is 0 Å². The molecular weight excluding hydrogens is 429 g/mol. The summed E-state index contributed by atoms with van der Waals surface area (Å²) in [5, 5.41) is 13.3. The van der Waals surface area contributed by atoms with Gasteiger partial charge in [-0.1, -0.05) is 11.6 Å². The number of nitrogens with one attached hydrogen (secondary N) is 2. The second-order valence-corrected chi connectivity index (χ2v) is 7.34. The van der Waals surface area contributed by atoms with Crippen molar-refractivity contribution in [2.75, 3.05) is 0 Å². The summed E-state index contributed by atoms with van der Waals surface area (Å²) < 4.78 is 44.0. The smallest absolute Gasteiger partial charge is 0.345 e. The SMILES string of the molecule is O=C(NCc1n[nH]c(=S)n1C1CC1)c1cnn(-c2ccc(Cl)cc2)c1C(F)(F)F. The van der Waals surface area contributed by atoms with Gasteiger partial charge in [-0.25, -0.2) is 4.68 Å². The number of benzene rings is 1. The molecule has 0 atom stereocenters. The van der Waals surface area contributed by atoms with Crippen molar-refractivity contribution in [2.24, 2.45) is 0 Å². The number of nitrogens with zero attached hydrogens (tertiary/aromatic N) is 4. The first-order valence-corrected chi connectivity index (χ1v) is 9.39. The number of carbonyl (C=O) groups is 1. The molecule has 2 heterocycles. The zero-order chi connectivity index (χ0) is 20.8. The largest absolute Gasteiger partial charge is 0.434 e. The second-order valence-electron chi connectivity index (χ2n) is 6.52. The summed E-state index contributed by atoms with van der Waals surface area (Å²) in [5.41, 5.74) is -1.62. The van der Waals surface area contributed by atoms with E-state index >= 15 is 0 Å². The molecule has 7 nitrogen and oxygen atoms in total. The number of hydrogen-bond donors (Lipinski definition) is 2. The van der Waals surface area contributed by atoms with Crippen LogP contribution in [0.2, 0.25) is 5.02 Å². The van der Waals surface area contributed by atoms with Gasteiger partial charge in [0.1, 0.15) is 0 Å². The van der Waals surface area contributed by atoms with E-state index < -0.39 is 23.3 Å². The lowest BCUT2D eigenvalue weighted by Crippen LogP contribution is -2.27. The Morgan fingerprint density at radius 3 is 2.62 bits per heavy atom. The molecule has 4 rings (SSSR count). The van der Waals surface area contributed by atoms with Gasteiger partial charge in [-0.3, -0.25) is 14.5 Å². The molecule has 1 aliphatic rings. The lowest BCUT2D eigenvalue weighted by Gasteiger charge is -2.13. The molecule has 2 aromatic heterocycles. The highest BCUT2D eigenvalue weighted by atomic mass is 35.5. The van der Waals surface area contributed by atoms with Crippen LogP contribution in [0.25, 0.3) is 5.69 Å². The van der Waals surface area contributed by atoms with Crippen molar-refractivity contribution in [1.82, 2.24) is 29.9 Å². The number of carbonyl (C=O) groups excluding carboxylic acids is 1. The van der Waals surface area contributed by atoms with Crippen molar-refractivity contribution in [3.05, 3.63) is 57.3 Å². The van der Waals surface area contributed by atoms with E-state index in [1.807, 2.05) is 0 Å². The monoisotopic (exact) mass is 442 g/mol. The summed E-state index contributed by atoms with van der Waals surface area (Å²) in [7, 11) is 0. The Bertz CT molecular complexity index is 1110. The maximum absolute atomic E-state index is 13.7. The van der Waals surface area contributed by atoms with Crippen LogP contribution in [0.5, 0.6) is 0 Å². The van der Waals surface area contributed by atoms with Gasteiger partial charge in [-0.15, -0.1) is 0 Å². The van der Waals surface area contributed by atoms with Gasteiger partial charge in [-0.2, -0.15) is 23.4 Å². The number of halogens is 4. The first-order chi connectivity index (χ1) is 13.8. The van der Waals surface area contributed by atoms with Crippen LogP contribution < -0.4 is 5.32 Å². The van der Waals surface area contributed by atoms with E-state index in [-0.39, 0.29) is 18.3 Å². The average Bonchev–Trinajstić information content (AvgIpc) is 3.27. The molecule has 1 aromatic carbocycles. The molecule has 29 heavy (non-hydrogen) atoms. The number of rotatable bonds is 5. The van der Waals surface area contributed by atoms with Gasteiger partial charge in [0.05, 0.1) is 24.0 Å². The molecule has 1 saturated carbocycles. The van der Waals surface area contributed by atoms with Gasteiger partial charge in [0.25, 0.3) is 5.91 Å². The molecule has 1 amide bonds. The van der Waals surface area contributed by atoms with E-state index in [1.54, 1.807) is 4.57 Å². The van der Waals surface area contributed by atoms with Crippen LogP contribution in [0, 0.1) is 4.77 Å². The quantitative estimate of drug-likeness (QED) is 0.584. The third kappa shape index (κ3) is 3.92. The van der Waals surface area contributed by atoms with E-state index in [4.69, 9.17) is 23.8 Å². The van der Waals surface area contributed by atoms with Crippen molar-refractivity contribution >= 4 is 29.7 Å².